The molecular weight excluding hydrogens is 348 g/mol. The summed E-state index contributed by atoms with van der Waals surface area (Å²) in [6.07, 6.45) is 13.4. The van der Waals surface area contributed by atoms with E-state index in [2.05, 4.69) is 47.6 Å². The molecule has 0 aromatic heterocycles. The maximum atomic E-state index is 11.2. The standard InChI is InChI=1S/C25H48O3/c1-8-24(26)27-20-17-23(5)16-12-18-25(6,7)28-19-10-9-14-22(4)15-11-13-21(2)3/h13,22-23H,8-12,14-20H2,1-7H3. The SMILES string of the molecule is CCC(=O)OCCC(C)CCCC(C)(C)OCCCCC(C)CCC=C(C)C. The van der Waals surface area contributed by atoms with Crippen molar-refractivity contribution in [2.24, 2.45) is 11.8 Å². The summed E-state index contributed by atoms with van der Waals surface area (Å²) in [6, 6.07) is 0. The molecule has 0 fully saturated rings. The fraction of sp³-hybridized carbons (Fsp3) is 0.880. The molecule has 0 aliphatic rings. The first-order valence-electron chi connectivity index (χ1n) is 11.6. The molecule has 0 bridgehead atoms. The molecule has 3 nitrogen and oxygen atoms in total. The minimum atomic E-state index is -0.0935. The van der Waals surface area contributed by atoms with Crippen molar-refractivity contribution in [2.45, 2.75) is 118 Å². The van der Waals surface area contributed by atoms with E-state index in [1.165, 1.54) is 37.7 Å². The van der Waals surface area contributed by atoms with Gasteiger partial charge in [0.05, 0.1) is 12.2 Å². The number of allylic oxidation sites excluding steroid dienone is 2. The van der Waals surface area contributed by atoms with E-state index in [0.29, 0.717) is 18.9 Å². The van der Waals surface area contributed by atoms with Crippen LogP contribution in [0.15, 0.2) is 11.6 Å². The molecule has 0 spiro atoms. The Bertz CT molecular complexity index is 422. The molecule has 2 unspecified atom stereocenters. The van der Waals surface area contributed by atoms with Gasteiger partial charge in [-0.2, -0.15) is 0 Å². The van der Waals surface area contributed by atoms with Crippen LogP contribution in [0.2, 0.25) is 0 Å². The second-order valence-corrected chi connectivity index (χ2v) is 9.43. The van der Waals surface area contributed by atoms with Gasteiger partial charge in [0.15, 0.2) is 0 Å². The van der Waals surface area contributed by atoms with E-state index < -0.39 is 0 Å². The first-order chi connectivity index (χ1) is 13.2. The van der Waals surface area contributed by atoms with Gasteiger partial charge >= 0.3 is 5.97 Å². The minimum absolute atomic E-state index is 0.0382. The predicted molar refractivity (Wildman–Crippen MR) is 121 cm³/mol. The molecular formula is C25H48O3. The number of carbonyl (C=O) groups is 1. The summed E-state index contributed by atoms with van der Waals surface area (Å²) < 4.78 is 11.3. The quantitative estimate of drug-likeness (QED) is 0.145. The number of esters is 1. The molecule has 0 aromatic rings. The van der Waals surface area contributed by atoms with E-state index in [4.69, 9.17) is 9.47 Å². The average Bonchev–Trinajstić information content (AvgIpc) is 2.60. The topological polar surface area (TPSA) is 35.5 Å². The third-order valence-electron chi connectivity index (χ3n) is 5.43. The molecule has 0 amide bonds. The van der Waals surface area contributed by atoms with Crippen molar-refractivity contribution in [2.75, 3.05) is 13.2 Å². The molecule has 0 saturated heterocycles. The Balaban J connectivity index is 3.71. The van der Waals surface area contributed by atoms with Crippen molar-refractivity contribution >= 4 is 5.97 Å². The van der Waals surface area contributed by atoms with E-state index >= 15 is 0 Å². The molecule has 0 aromatic carbocycles. The lowest BCUT2D eigenvalue weighted by Gasteiger charge is -2.26. The molecule has 28 heavy (non-hydrogen) atoms. The summed E-state index contributed by atoms with van der Waals surface area (Å²) in [5.74, 6) is 1.30. The lowest BCUT2D eigenvalue weighted by molar-refractivity contribution is -0.143. The molecule has 3 heteroatoms. The summed E-state index contributed by atoms with van der Waals surface area (Å²) >= 11 is 0. The molecule has 0 rings (SSSR count). The van der Waals surface area contributed by atoms with E-state index in [9.17, 15) is 4.79 Å². The van der Waals surface area contributed by atoms with E-state index in [1.807, 2.05) is 6.92 Å². The van der Waals surface area contributed by atoms with Gasteiger partial charge in [-0.3, -0.25) is 4.79 Å². The fourth-order valence-corrected chi connectivity index (χ4v) is 3.31. The minimum Gasteiger partial charge on any atom is -0.466 e. The Labute approximate surface area is 175 Å². The smallest absolute Gasteiger partial charge is 0.305 e. The van der Waals surface area contributed by atoms with Gasteiger partial charge < -0.3 is 9.47 Å². The van der Waals surface area contributed by atoms with Crippen LogP contribution >= 0.6 is 0 Å². The monoisotopic (exact) mass is 396 g/mol. The van der Waals surface area contributed by atoms with Crippen molar-refractivity contribution in [3.63, 3.8) is 0 Å². The Morgan fingerprint density at radius 2 is 1.57 bits per heavy atom. The van der Waals surface area contributed by atoms with Gasteiger partial charge in [0.2, 0.25) is 0 Å². The lowest BCUT2D eigenvalue weighted by atomic mass is 9.95. The van der Waals surface area contributed by atoms with Crippen molar-refractivity contribution in [3.8, 4) is 0 Å². The van der Waals surface area contributed by atoms with Gasteiger partial charge in [-0.25, -0.2) is 0 Å². The Morgan fingerprint density at radius 3 is 2.21 bits per heavy atom. The largest absolute Gasteiger partial charge is 0.466 e. The van der Waals surface area contributed by atoms with Crippen molar-refractivity contribution in [1.82, 2.24) is 0 Å². The van der Waals surface area contributed by atoms with Crippen LogP contribution in [0.5, 0.6) is 0 Å². The first-order valence-corrected chi connectivity index (χ1v) is 11.6. The number of hydrogen-bond acceptors (Lipinski definition) is 3. The summed E-state index contributed by atoms with van der Waals surface area (Å²) in [6.45, 7) is 16.6. The highest BCUT2D eigenvalue weighted by atomic mass is 16.5. The normalized spacial score (nSPS) is 13.8. The van der Waals surface area contributed by atoms with Crippen molar-refractivity contribution < 1.29 is 14.3 Å². The Morgan fingerprint density at radius 1 is 0.929 bits per heavy atom. The zero-order valence-corrected chi connectivity index (χ0v) is 19.9. The van der Waals surface area contributed by atoms with Crippen LogP contribution in [0.1, 0.15) is 113 Å². The number of hydrogen-bond donors (Lipinski definition) is 0. The molecule has 0 saturated carbocycles. The molecule has 166 valence electrons. The van der Waals surface area contributed by atoms with E-state index in [1.54, 1.807) is 0 Å². The second-order valence-electron chi connectivity index (χ2n) is 9.43. The highest BCUT2D eigenvalue weighted by Crippen LogP contribution is 2.22. The summed E-state index contributed by atoms with van der Waals surface area (Å²) in [7, 11) is 0. The van der Waals surface area contributed by atoms with E-state index in [-0.39, 0.29) is 11.6 Å². The third kappa shape index (κ3) is 17.3. The predicted octanol–water partition coefficient (Wildman–Crippen LogP) is 7.48. The van der Waals surface area contributed by atoms with Gasteiger partial charge in [0.25, 0.3) is 0 Å². The van der Waals surface area contributed by atoms with Crippen LogP contribution in [0, 0.1) is 11.8 Å². The lowest BCUT2D eigenvalue weighted by Crippen LogP contribution is -2.25. The Hall–Kier alpha value is -0.830. The fourth-order valence-electron chi connectivity index (χ4n) is 3.31. The zero-order valence-electron chi connectivity index (χ0n) is 19.9. The highest BCUT2D eigenvalue weighted by molar-refractivity contribution is 5.68. The number of ether oxygens (including phenoxy) is 2. The Kier molecular flexibility index (Phi) is 15.5. The highest BCUT2D eigenvalue weighted by Gasteiger charge is 2.18. The van der Waals surface area contributed by atoms with Crippen LogP contribution in [0.4, 0.5) is 0 Å². The first kappa shape index (κ1) is 27.2. The van der Waals surface area contributed by atoms with E-state index in [0.717, 1.165) is 38.2 Å². The van der Waals surface area contributed by atoms with Crippen LogP contribution in [0.25, 0.3) is 0 Å². The average molecular weight is 397 g/mol. The van der Waals surface area contributed by atoms with Gasteiger partial charge in [-0.05, 0) is 71.6 Å². The van der Waals surface area contributed by atoms with Crippen LogP contribution in [0.3, 0.4) is 0 Å². The maximum Gasteiger partial charge on any atom is 0.305 e. The van der Waals surface area contributed by atoms with Crippen LogP contribution in [-0.4, -0.2) is 24.8 Å². The van der Waals surface area contributed by atoms with Gasteiger partial charge in [0.1, 0.15) is 0 Å². The van der Waals surface area contributed by atoms with Crippen LogP contribution < -0.4 is 0 Å². The molecule has 0 radical (unpaired) electrons. The van der Waals surface area contributed by atoms with Crippen molar-refractivity contribution in [3.05, 3.63) is 11.6 Å². The van der Waals surface area contributed by atoms with Crippen molar-refractivity contribution in [1.29, 1.82) is 0 Å². The summed E-state index contributed by atoms with van der Waals surface area (Å²) in [4.78, 5) is 11.2. The third-order valence-corrected chi connectivity index (χ3v) is 5.43. The van der Waals surface area contributed by atoms with Gasteiger partial charge in [-0.15, -0.1) is 0 Å². The number of unbranched alkanes of at least 4 members (excludes halogenated alkanes) is 1. The number of rotatable bonds is 17. The molecule has 0 aliphatic heterocycles. The molecule has 0 heterocycles. The van der Waals surface area contributed by atoms with Gasteiger partial charge in [0, 0.05) is 13.0 Å². The van der Waals surface area contributed by atoms with Crippen LogP contribution in [-0.2, 0) is 14.3 Å². The van der Waals surface area contributed by atoms with Gasteiger partial charge in [-0.1, -0.05) is 58.1 Å². The molecule has 0 N–H and O–H groups in total. The zero-order chi connectivity index (χ0) is 21.4. The summed E-state index contributed by atoms with van der Waals surface area (Å²) in [5, 5.41) is 0. The summed E-state index contributed by atoms with van der Waals surface area (Å²) in [5.41, 5.74) is 1.39. The number of carbonyl (C=O) groups excluding carboxylic acids is 1. The molecule has 2 atom stereocenters. The molecule has 0 aliphatic carbocycles. The second kappa shape index (κ2) is 16.0. The maximum absolute atomic E-state index is 11.2.